The van der Waals surface area contributed by atoms with Crippen LogP contribution in [0, 0.1) is 5.82 Å². The summed E-state index contributed by atoms with van der Waals surface area (Å²) in [6.07, 6.45) is 1.69. The Morgan fingerprint density at radius 3 is 2.42 bits per heavy atom. The fourth-order valence-electron chi connectivity index (χ4n) is 2.73. The third-order valence-electron chi connectivity index (χ3n) is 4.24. The smallest absolute Gasteiger partial charge is 0.219 e. The van der Waals surface area contributed by atoms with Gasteiger partial charge in [0.1, 0.15) is 17.3 Å². The monoisotopic (exact) mass is 536 g/mol. The summed E-state index contributed by atoms with van der Waals surface area (Å²) in [5, 5.41) is 6.31. The molecular weight excluding hydrogens is 510 g/mol. The molecule has 2 aromatic carbocycles. The lowest BCUT2D eigenvalue weighted by Gasteiger charge is -2.13. The molecule has 0 aliphatic heterocycles. The highest BCUT2D eigenvalue weighted by molar-refractivity contribution is 14.0. The second-order valence-electron chi connectivity index (χ2n) is 6.38. The van der Waals surface area contributed by atoms with Crippen molar-refractivity contribution in [1.29, 1.82) is 0 Å². The number of nitrogens with zero attached hydrogens (tertiary/aromatic N) is 2. The summed E-state index contributed by atoms with van der Waals surface area (Å²) in [5.41, 5.74) is 1.55. The lowest BCUT2D eigenvalue weighted by molar-refractivity contribution is 0.339. The van der Waals surface area contributed by atoms with E-state index in [0.717, 1.165) is 11.3 Å². The van der Waals surface area contributed by atoms with Crippen LogP contribution in [0.2, 0.25) is 0 Å². The Labute approximate surface area is 198 Å². The van der Waals surface area contributed by atoms with E-state index in [-0.39, 0.29) is 29.8 Å². The maximum absolute atomic E-state index is 13.8. The Morgan fingerprint density at radius 1 is 1.00 bits per heavy atom. The van der Waals surface area contributed by atoms with Gasteiger partial charge in [0.2, 0.25) is 5.88 Å². The fourth-order valence-corrected chi connectivity index (χ4v) is 2.73. The molecule has 0 saturated carbocycles. The molecule has 164 valence electrons. The molecule has 31 heavy (non-hydrogen) atoms. The minimum Gasteiger partial charge on any atom is -0.494 e. The number of nitrogens with one attached hydrogen (secondary N) is 2. The van der Waals surface area contributed by atoms with Gasteiger partial charge in [0.25, 0.3) is 0 Å². The number of rotatable bonds is 8. The zero-order valence-electron chi connectivity index (χ0n) is 17.5. The lowest BCUT2D eigenvalue weighted by Crippen LogP contribution is -2.36. The first-order chi connectivity index (χ1) is 14.7. The maximum atomic E-state index is 13.8. The fraction of sp³-hybridized carbons (Fsp3) is 0.217. The summed E-state index contributed by atoms with van der Waals surface area (Å²) < 4.78 is 25.0. The van der Waals surface area contributed by atoms with Crippen LogP contribution in [-0.4, -0.2) is 24.6 Å². The Balaban J connectivity index is 0.00000341. The molecule has 0 spiro atoms. The Morgan fingerprint density at radius 2 is 1.71 bits per heavy atom. The normalized spacial score (nSPS) is 10.7. The first kappa shape index (κ1) is 24.4. The zero-order chi connectivity index (χ0) is 21.2. The third kappa shape index (κ3) is 7.71. The second kappa shape index (κ2) is 12.7. The predicted molar refractivity (Wildman–Crippen MR) is 131 cm³/mol. The van der Waals surface area contributed by atoms with E-state index in [9.17, 15) is 4.39 Å². The number of aliphatic imine (C=N–C) groups is 1. The van der Waals surface area contributed by atoms with Crippen molar-refractivity contribution < 1.29 is 13.9 Å². The molecule has 0 amide bonds. The molecular formula is C23H26FIN4O2. The van der Waals surface area contributed by atoms with E-state index >= 15 is 0 Å². The van der Waals surface area contributed by atoms with Crippen LogP contribution in [0.15, 0.2) is 71.9 Å². The van der Waals surface area contributed by atoms with Gasteiger partial charge < -0.3 is 20.1 Å². The maximum Gasteiger partial charge on any atom is 0.219 e. The van der Waals surface area contributed by atoms with E-state index in [0.29, 0.717) is 42.8 Å². The molecule has 0 radical (unpaired) electrons. The van der Waals surface area contributed by atoms with Crippen molar-refractivity contribution >= 4 is 29.9 Å². The Kier molecular flexibility index (Phi) is 10.0. The summed E-state index contributed by atoms with van der Waals surface area (Å²) >= 11 is 0. The number of guanidine groups is 1. The highest BCUT2D eigenvalue weighted by Crippen LogP contribution is 2.23. The van der Waals surface area contributed by atoms with E-state index in [1.165, 1.54) is 6.07 Å². The largest absolute Gasteiger partial charge is 0.494 e. The highest BCUT2D eigenvalue weighted by Gasteiger charge is 2.05. The summed E-state index contributed by atoms with van der Waals surface area (Å²) in [6.45, 7) is 3.42. The molecule has 6 nitrogen and oxygen atoms in total. The molecule has 3 aromatic rings. The van der Waals surface area contributed by atoms with E-state index in [1.807, 2.05) is 43.3 Å². The topological polar surface area (TPSA) is 67.8 Å². The van der Waals surface area contributed by atoms with Crippen LogP contribution in [0.3, 0.4) is 0 Å². The van der Waals surface area contributed by atoms with Crippen LogP contribution >= 0.6 is 24.0 Å². The summed E-state index contributed by atoms with van der Waals surface area (Å²) in [6, 6.07) is 17.8. The Bertz CT molecular complexity index is 983. The summed E-state index contributed by atoms with van der Waals surface area (Å²) in [5.74, 6) is 2.30. The van der Waals surface area contributed by atoms with E-state index < -0.39 is 0 Å². The van der Waals surface area contributed by atoms with Crippen LogP contribution in [0.5, 0.6) is 17.4 Å². The van der Waals surface area contributed by atoms with Gasteiger partial charge in [0.05, 0.1) is 6.61 Å². The minimum absolute atomic E-state index is 0. The number of benzene rings is 2. The van der Waals surface area contributed by atoms with E-state index in [4.69, 9.17) is 9.47 Å². The van der Waals surface area contributed by atoms with Gasteiger partial charge in [0.15, 0.2) is 5.96 Å². The molecule has 1 aromatic heterocycles. The zero-order valence-corrected chi connectivity index (χ0v) is 19.8. The lowest BCUT2D eigenvalue weighted by atomic mass is 10.2. The number of pyridine rings is 1. The first-order valence-electron chi connectivity index (χ1n) is 9.71. The molecule has 0 aliphatic carbocycles. The van der Waals surface area contributed by atoms with Gasteiger partial charge in [-0.25, -0.2) is 9.37 Å². The predicted octanol–water partition coefficient (Wildman–Crippen LogP) is 4.89. The van der Waals surface area contributed by atoms with Gasteiger partial charge in [0, 0.05) is 38.0 Å². The average Bonchev–Trinajstić information content (AvgIpc) is 2.77. The molecule has 0 bridgehead atoms. The van der Waals surface area contributed by atoms with Gasteiger partial charge in [-0.05, 0) is 48.9 Å². The average molecular weight is 536 g/mol. The van der Waals surface area contributed by atoms with Crippen LogP contribution in [0.1, 0.15) is 18.1 Å². The van der Waals surface area contributed by atoms with E-state index in [1.54, 1.807) is 31.4 Å². The molecule has 3 rings (SSSR count). The number of ether oxygens (including phenoxy) is 2. The minimum atomic E-state index is -0.245. The van der Waals surface area contributed by atoms with Gasteiger partial charge in [-0.15, -0.1) is 24.0 Å². The molecule has 0 aliphatic rings. The van der Waals surface area contributed by atoms with Crippen LogP contribution in [0.4, 0.5) is 4.39 Å². The number of hydrogen-bond donors (Lipinski definition) is 2. The molecule has 0 unspecified atom stereocenters. The number of hydrogen-bond acceptors (Lipinski definition) is 4. The van der Waals surface area contributed by atoms with Crippen molar-refractivity contribution in [3.05, 3.63) is 83.8 Å². The molecule has 1 heterocycles. The van der Waals surface area contributed by atoms with Crippen molar-refractivity contribution in [1.82, 2.24) is 15.6 Å². The highest BCUT2D eigenvalue weighted by atomic mass is 127. The number of halogens is 2. The van der Waals surface area contributed by atoms with Crippen molar-refractivity contribution in [2.24, 2.45) is 4.99 Å². The van der Waals surface area contributed by atoms with Crippen molar-refractivity contribution in [3.8, 4) is 17.4 Å². The van der Waals surface area contributed by atoms with Crippen molar-refractivity contribution in [2.45, 2.75) is 20.0 Å². The molecule has 0 saturated heterocycles. The standard InChI is InChI=1S/C23H25FN4O2.HI/c1-3-29-19-8-10-20(11-9-19)30-22-14-17(12-13-26-22)15-27-23(25-2)28-16-18-6-4-5-7-21(18)24;/h4-14H,3,15-16H2,1-2H3,(H2,25,27,28);1H. The summed E-state index contributed by atoms with van der Waals surface area (Å²) in [4.78, 5) is 8.43. The van der Waals surface area contributed by atoms with Crippen molar-refractivity contribution in [3.63, 3.8) is 0 Å². The molecule has 2 N–H and O–H groups in total. The molecule has 8 heteroatoms. The Hall–Kier alpha value is -2.88. The van der Waals surface area contributed by atoms with Crippen LogP contribution in [-0.2, 0) is 13.1 Å². The second-order valence-corrected chi connectivity index (χ2v) is 6.38. The first-order valence-corrected chi connectivity index (χ1v) is 9.71. The van der Waals surface area contributed by atoms with E-state index in [2.05, 4.69) is 20.6 Å². The molecule has 0 fully saturated rings. The van der Waals surface area contributed by atoms with Crippen molar-refractivity contribution in [2.75, 3.05) is 13.7 Å². The number of aromatic nitrogens is 1. The van der Waals surface area contributed by atoms with Crippen LogP contribution in [0.25, 0.3) is 0 Å². The summed E-state index contributed by atoms with van der Waals surface area (Å²) in [7, 11) is 1.67. The van der Waals surface area contributed by atoms with Gasteiger partial charge in [-0.3, -0.25) is 4.99 Å². The molecule has 0 atom stereocenters. The van der Waals surface area contributed by atoms with Gasteiger partial charge in [-0.1, -0.05) is 18.2 Å². The third-order valence-corrected chi connectivity index (χ3v) is 4.24. The van der Waals surface area contributed by atoms with Gasteiger partial charge in [-0.2, -0.15) is 0 Å². The quantitative estimate of drug-likeness (QED) is 0.244. The van der Waals surface area contributed by atoms with Crippen LogP contribution < -0.4 is 20.1 Å². The van der Waals surface area contributed by atoms with Gasteiger partial charge >= 0.3 is 0 Å². The SMILES string of the molecule is CCOc1ccc(Oc2cc(CNC(=NC)NCc3ccccc3F)ccn2)cc1.I.